The molecule has 24 heteroatoms. The molecule has 8 heterocycles. The predicted octanol–water partition coefficient (Wildman–Crippen LogP) is 10.2. The van der Waals surface area contributed by atoms with Gasteiger partial charge >= 0.3 is 12.0 Å². The lowest BCUT2D eigenvalue weighted by Gasteiger charge is -2.53. The van der Waals surface area contributed by atoms with Gasteiger partial charge in [0, 0.05) is 129 Å². The highest BCUT2D eigenvalue weighted by Gasteiger charge is 2.54. The molecule has 0 saturated carbocycles. The third-order valence-corrected chi connectivity index (χ3v) is 19.8. The minimum absolute atomic E-state index is 0.0829. The molecule has 0 unspecified atom stereocenters. The van der Waals surface area contributed by atoms with E-state index in [1.807, 2.05) is 166 Å². The zero-order valence-electron chi connectivity index (χ0n) is 56.9. The van der Waals surface area contributed by atoms with Gasteiger partial charge in [-0.15, -0.1) is 61.6 Å². The first-order chi connectivity index (χ1) is 38.9. The average molecular weight is 1210 g/mol. The second-order valence-corrected chi connectivity index (χ2v) is 34.3. The molecule has 2 aromatic rings. The minimum Gasteiger partial charge on any atom is -0.460 e. The number of rotatable bonds is 15. The molecular weight excluding hydrogens is 1100 g/mol. The predicted molar refractivity (Wildman–Crippen MR) is 325 cm³/mol. The molecule has 0 bridgehead atoms. The summed E-state index contributed by atoms with van der Waals surface area (Å²) >= 11 is 0. The van der Waals surface area contributed by atoms with Crippen LogP contribution in [-0.4, -0.2) is 176 Å². The highest BCUT2D eigenvalue weighted by Crippen LogP contribution is 2.46. The number of hydrogen-bond acceptors (Lipinski definition) is 18. The molecular formula is C62H108N16O8. The van der Waals surface area contributed by atoms with Crippen molar-refractivity contribution in [2.24, 2.45) is 0 Å². The third kappa shape index (κ3) is 14.1. The van der Waals surface area contributed by atoms with Crippen LogP contribution in [0.2, 0.25) is 0 Å². The number of piperidine rings is 6. The van der Waals surface area contributed by atoms with Gasteiger partial charge in [-0.3, -0.25) is 0 Å². The van der Waals surface area contributed by atoms with Crippen LogP contribution in [0.5, 0.6) is 12.0 Å². The minimum atomic E-state index is -0.822. The molecule has 2 aromatic heterocycles. The Morgan fingerprint density at radius 2 is 0.535 bits per heavy atom. The molecule has 6 fully saturated rings. The maximum absolute atomic E-state index is 14.3. The Morgan fingerprint density at radius 1 is 0.326 bits per heavy atom. The van der Waals surface area contributed by atoms with Gasteiger partial charge in [0.25, 0.3) is 0 Å². The van der Waals surface area contributed by atoms with Crippen LogP contribution in [-0.2, 0) is 31.2 Å². The van der Waals surface area contributed by atoms with E-state index in [0.717, 1.165) is 10.1 Å². The second-order valence-electron chi connectivity index (χ2n) is 34.3. The standard InChI is InChI=1S/C62H108N16O8/c1-51(2)27-39(28-52(3,4)73(51)79)63-45-65-47(69-49(67-45)85-43-35-59(17,18)77(83)60(19,20)36-43)71(41-31-55(9,10)75(81)56(11,12)32-41)25-26-72(42-33-57(13,14)76(82)58(15,16)34-42)48-66-46(64-40-29-53(5,6)74(80)54(7,8)30-40)68-50(70-48)86-44-37-61(21,22)78(84)62(23,24)38-44/h39-44H,25-38H2,1-24H3,(H,63,65,67,69)(H,64,66,68,70). The van der Waals surface area contributed by atoms with Crippen molar-refractivity contribution in [1.29, 1.82) is 0 Å². The molecule has 6 aliphatic rings. The van der Waals surface area contributed by atoms with Crippen molar-refractivity contribution < 1.29 is 40.7 Å². The van der Waals surface area contributed by atoms with Gasteiger partial charge in [-0.05, 0) is 218 Å². The molecule has 86 heavy (non-hydrogen) atoms. The Labute approximate surface area is 514 Å². The van der Waals surface area contributed by atoms with E-state index in [1.54, 1.807) is 0 Å². The number of nitrogens with one attached hydrogen (secondary N) is 2. The number of hydrogen-bond donors (Lipinski definition) is 2. The third-order valence-electron chi connectivity index (χ3n) is 19.8. The molecule has 0 aliphatic carbocycles. The average Bonchev–Trinajstić information content (AvgIpc) is 0.995. The Balaban J connectivity index is 1.29. The van der Waals surface area contributed by atoms with Gasteiger partial charge in [-0.25, -0.2) is 0 Å². The first-order valence-corrected chi connectivity index (χ1v) is 31.7. The van der Waals surface area contributed by atoms with E-state index in [4.69, 9.17) is 39.4 Å². The summed E-state index contributed by atoms with van der Waals surface area (Å²) in [4.78, 5) is 35.5. The van der Waals surface area contributed by atoms with Crippen LogP contribution in [0.15, 0.2) is 0 Å². The van der Waals surface area contributed by atoms with Gasteiger partial charge < -0.3 is 29.9 Å². The van der Waals surface area contributed by atoms with Crippen LogP contribution < -0.4 is 29.9 Å². The normalized spacial score (nSPS) is 28.2. The fourth-order valence-corrected chi connectivity index (χ4v) is 17.1. The molecule has 0 aromatic carbocycles. The van der Waals surface area contributed by atoms with E-state index in [0.29, 0.717) is 88.9 Å². The summed E-state index contributed by atoms with van der Waals surface area (Å²) in [6.07, 6.45) is 4.60. The zero-order chi connectivity index (χ0) is 64.5. The molecule has 0 atom stereocenters. The van der Waals surface area contributed by atoms with E-state index < -0.39 is 78.7 Å². The molecule has 0 amide bonds. The summed E-state index contributed by atoms with van der Waals surface area (Å²) in [7, 11) is 0. The highest BCUT2D eigenvalue weighted by atomic mass is 16.5. The van der Waals surface area contributed by atoms with Crippen LogP contribution in [0.4, 0.5) is 23.8 Å². The Kier molecular flexibility index (Phi) is 18.0. The Hall–Kier alpha value is -3.66. The summed E-state index contributed by atoms with van der Waals surface area (Å²) < 4.78 is 13.8. The highest BCUT2D eigenvalue weighted by molar-refractivity contribution is 5.45. The van der Waals surface area contributed by atoms with Crippen LogP contribution in [0.3, 0.4) is 0 Å². The van der Waals surface area contributed by atoms with Crippen molar-refractivity contribution in [1.82, 2.24) is 60.3 Å². The number of anilines is 4. The van der Waals surface area contributed by atoms with E-state index in [2.05, 4.69) is 20.4 Å². The first-order valence-electron chi connectivity index (χ1n) is 31.7. The van der Waals surface area contributed by atoms with E-state index in [1.165, 1.54) is 20.3 Å². The van der Waals surface area contributed by atoms with Gasteiger partial charge in [0.2, 0.25) is 23.8 Å². The summed E-state index contributed by atoms with van der Waals surface area (Å²) in [5.74, 6) is 1.17. The van der Waals surface area contributed by atoms with Gasteiger partial charge in [-0.1, -0.05) is 0 Å². The lowest BCUT2D eigenvalue weighted by molar-refractivity contribution is -0.297. The lowest BCUT2D eigenvalue weighted by atomic mass is 9.78. The van der Waals surface area contributed by atoms with Crippen LogP contribution in [0, 0.1) is 0 Å². The van der Waals surface area contributed by atoms with Crippen molar-refractivity contribution in [3.63, 3.8) is 0 Å². The second kappa shape index (κ2) is 22.6. The SMILES string of the molecule is CC1(C)CC(Nc2nc(OC3CC(C)(C)N([O])C(C)(C)C3)nc(N(CCN(c3nc(NC4CC(C)(C)N([O])C(C)(C)C4)nc(OC4CC(C)(C)N([O])C(C)(C)C4)n3)C3CC(C)(C)N([O])C(C)(C)C3)C3CC(C)(C)N([O])C(C)(C)C3)n2)CC(C)(C)N1[O]. The molecule has 484 valence electrons. The Bertz CT molecular complexity index is 2320. The van der Waals surface area contributed by atoms with E-state index >= 15 is 0 Å². The topological polar surface area (TPSA) is 265 Å². The lowest BCUT2D eigenvalue weighted by Crippen LogP contribution is -2.64. The molecule has 24 nitrogen and oxygen atoms in total. The largest absolute Gasteiger partial charge is 0.460 e. The molecule has 6 aliphatic heterocycles. The molecule has 6 radical (unpaired) electrons. The monoisotopic (exact) mass is 1200 g/mol. The molecule has 2 N–H and O–H groups in total. The maximum atomic E-state index is 14.3. The van der Waals surface area contributed by atoms with Crippen molar-refractivity contribution in [3.05, 3.63) is 0 Å². The van der Waals surface area contributed by atoms with Crippen LogP contribution in [0.25, 0.3) is 0 Å². The number of aromatic nitrogens is 6. The summed E-state index contributed by atoms with van der Waals surface area (Å²) in [5, 5.41) is 97.7. The van der Waals surface area contributed by atoms with Crippen molar-refractivity contribution in [2.75, 3.05) is 33.5 Å². The maximum Gasteiger partial charge on any atom is 0.323 e. The molecule has 8 rings (SSSR count). The summed E-state index contributed by atoms with van der Waals surface area (Å²) in [5.41, 5.74) is -9.13. The smallest absolute Gasteiger partial charge is 0.323 e. The fraction of sp³-hybridized carbons (Fsp3) is 0.903. The van der Waals surface area contributed by atoms with Crippen molar-refractivity contribution in [2.45, 2.75) is 346 Å². The number of nitrogens with zero attached hydrogens (tertiary/aromatic N) is 14. The van der Waals surface area contributed by atoms with Gasteiger partial charge in [-0.2, -0.15) is 29.9 Å². The van der Waals surface area contributed by atoms with Crippen LogP contribution >= 0.6 is 0 Å². The summed E-state index contributed by atoms with van der Waals surface area (Å²) in [6, 6.07) is -0.893. The van der Waals surface area contributed by atoms with Gasteiger partial charge in [0.1, 0.15) is 12.2 Å². The molecule has 6 saturated heterocycles. The fourth-order valence-electron chi connectivity index (χ4n) is 17.1. The van der Waals surface area contributed by atoms with E-state index in [-0.39, 0.29) is 61.2 Å². The quantitative estimate of drug-likeness (QED) is 0.168. The summed E-state index contributed by atoms with van der Waals surface area (Å²) in [6.45, 7) is 47.3. The first kappa shape index (κ1) is 68.3. The number of hydroxylamine groups is 12. The number of ether oxygens (including phenoxy) is 2. The zero-order valence-corrected chi connectivity index (χ0v) is 56.9. The van der Waals surface area contributed by atoms with Gasteiger partial charge in [0.15, 0.2) is 0 Å². The van der Waals surface area contributed by atoms with Crippen molar-refractivity contribution >= 4 is 23.8 Å². The van der Waals surface area contributed by atoms with E-state index in [9.17, 15) is 31.2 Å². The molecule has 0 spiro atoms. The Morgan fingerprint density at radius 3 is 0.767 bits per heavy atom. The van der Waals surface area contributed by atoms with Gasteiger partial charge in [0.05, 0.1) is 0 Å². The van der Waals surface area contributed by atoms with Crippen molar-refractivity contribution in [3.8, 4) is 12.0 Å². The van der Waals surface area contributed by atoms with Crippen LogP contribution in [0.1, 0.15) is 243 Å².